The molecular formula is C20H21NO5. The van der Waals surface area contributed by atoms with Gasteiger partial charge in [0.25, 0.3) is 5.91 Å². The molecule has 6 nitrogen and oxygen atoms in total. The molecule has 2 aliphatic rings. The van der Waals surface area contributed by atoms with Crippen LogP contribution in [0.25, 0.3) is 0 Å². The number of carboxylic acid groups (broad SMARTS) is 1. The van der Waals surface area contributed by atoms with Crippen LogP contribution in [0.4, 0.5) is 0 Å². The van der Waals surface area contributed by atoms with Crippen LogP contribution >= 0.6 is 0 Å². The van der Waals surface area contributed by atoms with Gasteiger partial charge < -0.3 is 19.2 Å². The highest BCUT2D eigenvalue weighted by atomic mass is 16.5. The Morgan fingerprint density at radius 2 is 2.08 bits per heavy atom. The summed E-state index contributed by atoms with van der Waals surface area (Å²) in [6.07, 6.45) is 3.88. The second kappa shape index (κ2) is 6.52. The van der Waals surface area contributed by atoms with E-state index in [1.54, 1.807) is 11.0 Å². The molecule has 2 fully saturated rings. The quantitative estimate of drug-likeness (QED) is 0.891. The molecule has 2 aromatic rings. The fraction of sp³-hybridized carbons (Fsp3) is 0.400. The lowest BCUT2D eigenvalue weighted by molar-refractivity contribution is -0.149. The predicted molar refractivity (Wildman–Crippen MR) is 92.8 cm³/mol. The number of carbonyl (C=O) groups is 2. The zero-order valence-corrected chi connectivity index (χ0v) is 14.4. The second-order valence-corrected chi connectivity index (χ2v) is 7.11. The molecule has 1 aliphatic heterocycles. The van der Waals surface area contributed by atoms with Crippen molar-refractivity contribution in [3.05, 3.63) is 54.0 Å². The molecule has 1 saturated carbocycles. The molecule has 4 rings (SSSR count). The number of benzene rings is 1. The molecule has 1 amide bonds. The lowest BCUT2D eigenvalue weighted by Gasteiger charge is -2.23. The van der Waals surface area contributed by atoms with Crippen molar-refractivity contribution >= 4 is 11.9 Å². The molecule has 1 N–H and O–H groups in total. The van der Waals surface area contributed by atoms with E-state index in [9.17, 15) is 14.7 Å². The highest BCUT2D eigenvalue weighted by Crippen LogP contribution is 2.49. The summed E-state index contributed by atoms with van der Waals surface area (Å²) < 4.78 is 11.1. The molecule has 26 heavy (non-hydrogen) atoms. The maximum absolute atomic E-state index is 12.9. The van der Waals surface area contributed by atoms with Crippen molar-refractivity contribution in [3.63, 3.8) is 0 Å². The van der Waals surface area contributed by atoms with E-state index in [0.29, 0.717) is 24.3 Å². The van der Waals surface area contributed by atoms with E-state index in [1.807, 2.05) is 30.3 Å². The monoisotopic (exact) mass is 355 g/mol. The van der Waals surface area contributed by atoms with Gasteiger partial charge in [0, 0.05) is 18.7 Å². The first-order valence-electron chi connectivity index (χ1n) is 8.87. The number of para-hydroxylation sites is 1. The smallest absolute Gasteiger partial charge is 0.311 e. The van der Waals surface area contributed by atoms with Crippen LogP contribution in [-0.2, 0) is 11.4 Å². The molecule has 0 bridgehead atoms. The van der Waals surface area contributed by atoms with Crippen molar-refractivity contribution < 1.29 is 23.8 Å². The summed E-state index contributed by atoms with van der Waals surface area (Å²) in [6, 6.07) is 11.1. The Hall–Kier alpha value is -2.76. The number of amides is 1. The molecule has 1 aromatic heterocycles. The van der Waals surface area contributed by atoms with Crippen molar-refractivity contribution in [2.24, 2.45) is 11.3 Å². The number of nitrogens with zero attached hydrogens (tertiary/aromatic N) is 1. The van der Waals surface area contributed by atoms with Crippen molar-refractivity contribution in [1.82, 2.24) is 4.90 Å². The van der Waals surface area contributed by atoms with E-state index in [4.69, 9.17) is 9.15 Å². The predicted octanol–water partition coefficient (Wildman–Crippen LogP) is 3.19. The zero-order valence-electron chi connectivity index (χ0n) is 14.4. The molecular weight excluding hydrogens is 334 g/mol. The lowest BCUT2D eigenvalue weighted by Crippen LogP contribution is -2.37. The third-order valence-corrected chi connectivity index (χ3v) is 5.66. The van der Waals surface area contributed by atoms with Crippen LogP contribution in [0, 0.1) is 11.3 Å². The summed E-state index contributed by atoms with van der Waals surface area (Å²) >= 11 is 0. The lowest BCUT2D eigenvalue weighted by atomic mass is 9.81. The highest BCUT2D eigenvalue weighted by molar-refractivity contribution is 5.94. The Bertz CT molecular complexity index is 815. The van der Waals surface area contributed by atoms with Crippen molar-refractivity contribution in [2.75, 3.05) is 13.1 Å². The van der Waals surface area contributed by atoms with Gasteiger partial charge in [-0.25, -0.2) is 0 Å². The molecule has 136 valence electrons. The Morgan fingerprint density at radius 1 is 1.27 bits per heavy atom. The number of carboxylic acids is 1. The van der Waals surface area contributed by atoms with E-state index in [-0.39, 0.29) is 30.7 Å². The van der Waals surface area contributed by atoms with Crippen molar-refractivity contribution in [2.45, 2.75) is 25.9 Å². The first-order chi connectivity index (χ1) is 12.6. The van der Waals surface area contributed by atoms with Gasteiger partial charge in [0.1, 0.15) is 12.4 Å². The van der Waals surface area contributed by atoms with Gasteiger partial charge in [-0.2, -0.15) is 0 Å². The summed E-state index contributed by atoms with van der Waals surface area (Å²) in [5, 5.41) is 9.69. The molecule has 1 aromatic carbocycles. The summed E-state index contributed by atoms with van der Waals surface area (Å²) in [5.41, 5.74) is -0.122. The summed E-state index contributed by atoms with van der Waals surface area (Å²) in [6.45, 7) is 0.958. The highest BCUT2D eigenvalue weighted by Gasteiger charge is 2.56. The summed E-state index contributed by atoms with van der Waals surface area (Å²) in [7, 11) is 0. The van der Waals surface area contributed by atoms with E-state index < -0.39 is 11.4 Å². The molecule has 2 heterocycles. The van der Waals surface area contributed by atoms with Crippen molar-refractivity contribution in [3.8, 4) is 5.75 Å². The minimum Gasteiger partial charge on any atom is -0.489 e. The van der Waals surface area contributed by atoms with Gasteiger partial charge in [-0.05, 0) is 37.0 Å². The standard InChI is InChI=1S/C20H21NO5/c22-18(21-11-15-5-4-9-20(15,13-21)19(23)24)17-14(8-10-25-17)12-26-16-6-2-1-3-7-16/h1-3,6-8,10,15H,4-5,9,11-13H2,(H,23,24)/t15-,20+/m0/s1. The molecule has 2 atom stereocenters. The van der Waals surface area contributed by atoms with Gasteiger partial charge in [0.2, 0.25) is 0 Å². The van der Waals surface area contributed by atoms with E-state index in [2.05, 4.69) is 0 Å². The third kappa shape index (κ3) is 2.75. The number of carbonyl (C=O) groups excluding carboxylic acids is 1. The van der Waals surface area contributed by atoms with Crippen LogP contribution < -0.4 is 4.74 Å². The number of hydrogen-bond acceptors (Lipinski definition) is 4. The van der Waals surface area contributed by atoms with Crippen LogP contribution in [0.1, 0.15) is 35.4 Å². The first kappa shape index (κ1) is 16.7. The number of hydrogen-bond donors (Lipinski definition) is 1. The van der Waals surface area contributed by atoms with Crippen molar-refractivity contribution in [1.29, 1.82) is 0 Å². The summed E-state index contributed by atoms with van der Waals surface area (Å²) in [4.78, 5) is 26.4. The van der Waals surface area contributed by atoms with E-state index in [0.717, 1.165) is 12.8 Å². The topological polar surface area (TPSA) is 80.0 Å². The van der Waals surface area contributed by atoms with Crippen LogP contribution in [0.15, 0.2) is 47.1 Å². The average Bonchev–Trinajstić information content (AvgIpc) is 3.34. The van der Waals surface area contributed by atoms with Gasteiger partial charge in [-0.3, -0.25) is 9.59 Å². The van der Waals surface area contributed by atoms with Gasteiger partial charge in [-0.15, -0.1) is 0 Å². The van der Waals surface area contributed by atoms with Gasteiger partial charge in [0.15, 0.2) is 5.76 Å². The molecule has 6 heteroatoms. The minimum atomic E-state index is -0.789. The van der Waals surface area contributed by atoms with E-state index >= 15 is 0 Å². The molecule has 1 saturated heterocycles. The van der Waals surface area contributed by atoms with Gasteiger partial charge in [0.05, 0.1) is 11.7 Å². The number of ether oxygens (including phenoxy) is 1. The maximum Gasteiger partial charge on any atom is 0.311 e. The van der Waals surface area contributed by atoms with Gasteiger partial charge >= 0.3 is 5.97 Å². The number of furan rings is 1. The SMILES string of the molecule is O=C(c1occc1COc1ccccc1)N1C[C@@H]2CCC[C@@]2(C(=O)O)C1. The fourth-order valence-corrected chi connectivity index (χ4v) is 4.25. The number of likely N-dealkylation sites (tertiary alicyclic amines) is 1. The fourth-order valence-electron chi connectivity index (χ4n) is 4.25. The Kier molecular flexibility index (Phi) is 4.18. The Balaban J connectivity index is 1.48. The van der Waals surface area contributed by atoms with Gasteiger partial charge in [-0.1, -0.05) is 24.6 Å². The number of fused-ring (bicyclic) bond motifs is 1. The minimum absolute atomic E-state index is 0.0305. The summed E-state index contributed by atoms with van der Waals surface area (Å²) in [5.74, 6) is -0.0592. The van der Waals surface area contributed by atoms with Crippen LogP contribution in [0.2, 0.25) is 0 Å². The van der Waals surface area contributed by atoms with Crippen LogP contribution in [0.3, 0.4) is 0 Å². The Morgan fingerprint density at radius 3 is 2.81 bits per heavy atom. The normalized spacial score (nSPS) is 24.5. The molecule has 0 radical (unpaired) electrons. The van der Waals surface area contributed by atoms with E-state index in [1.165, 1.54) is 6.26 Å². The molecule has 1 aliphatic carbocycles. The number of rotatable bonds is 5. The number of aliphatic carboxylic acids is 1. The Labute approximate surface area is 151 Å². The largest absolute Gasteiger partial charge is 0.489 e. The maximum atomic E-state index is 12.9. The average molecular weight is 355 g/mol. The molecule has 0 unspecified atom stereocenters. The van der Waals surface area contributed by atoms with Crippen LogP contribution in [0.5, 0.6) is 5.75 Å². The first-order valence-corrected chi connectivity index (χ1v) is 8.87. The second-order valence-electron chi connectivity index (χ2n) is 7.11. The zero-order chi connectivity index (χ0) is 18.1. The third-order valence-electron chi connectivity index (χ3n) is 5.66. The van der Waals surface area contributed by atoms with Crippen LogP contribution in [-0.4, -0.2) is 35.0 Å². The molecule has 0 spiro atoms.